The maximum atomic E-state index is 9.61. The third kappa shape index (κ3) is 4.80. The van der Waals surface area contributed by atoms with Crippen LogP contribution in [0, 0.1) is 17.2 Å². The fourth-order valence-corrected chi connectivity index (χ4v) is 0.457. The Hall–Kier alpha value is -1.06. The molecule has 1 unspecified atom stereocenters. The van der Waals surface area contributed by atoms with Crippen LogP contribution in [0.1, 0.15) is 19.8 Å². The smallest absolute Gasteiger partial charge is 0.120 e. The summed E-state index contributed by atoms with van der Waals surface area (Å²) in [6.45, 7) is 1.83. The zero-order chi connectivity index (χ0) is 7.11. The van der Waals surface area contributed by atoms with Crippen molar-refractivity contribution in [3.63, 3.8) is 0 Å². The summed E-state index contributed by atoms with van der Waals surface area (Å²) in [6, 6.07) is 2.07. The molecule has 2 nitrogen and oxygen atoms in total. The topological polar surface area (TPSA) is 40.9 Å². The number of nitriles is 1. The molecule has 0 fully saturated rings. The van der Waals surface area contributed by atoms with Gasteiger partial charge in [-0.05, 0) is 25.8 Å². The molecule has 0 aliphatic heterocycles. The van der Waals surface area contributed by atoms with Crippen molar-refractivity contribution in [1.82, 2.24) is 0 Å². The van der Waals surface area contributed by atoms with Gasteiger partial charge in [0.05, 0.1) is 6.07 Å². The van der Waals surface area contributed by atoms with E-state index < -0.39 is 0 Å². The molecule has 48 valence electrons. The van der Waals surface area contributed by atoms with Crippen molar-refractivity contribution in [1.29, 1.82) is 5.26 Å². The van der Waals surface area contributed by atoms with Crippen LogP contribution in [0.3, 0.4) is 0 Å². The van der Waals surface area contributed by atoms with Gasteiger partial charge in [-0.15, -0.1) is 0 Å². The van der Waals surface area contributed by atoms with Crippen molar-refractivity contribution in [3.05, 3.63) is 6.08 Å². The summed E-state index contributed by atoms with van der Waals surface area (Å²) in [5, 5.41) is 8.27. The molecule has 0 spiro atoms. The highest BCUT2D eigenvalue weighted by molar-refractivity contribution is 5.44. The standard InChI is InChI=1S/C7H9NO/c1-7(6-8)4-2-3-5-9/h3,7H,2,4H2,1H3. The first kappa shape index (κ1) is 7.94. The lowest BCUT2D eigenvalue weighted by atomic mass is 10.1. The fraction of sp³-hybridized carbons (Fsp3) is 0.571. The summed E-state index contributed by atoms with van der Waals surface area (Å²) in [7, 11) is 0. The maximum absolute atomic E-state index is 9.61. The summed E-state index contributed by atoms with van der Waals surface area (Å²) in [5.41, 5.74) is 0. The monoisotopic (exact) mass is 123 g/mol. The van der Waals surface area contributed by atoms with Gasteiger partial charge in [0.2, 0.25) is 0 Å². The van der Waals surface area contributed by atoms with Gasteiger partial charge in [-0.3, -0.25) is 0 Å². The summed E-state index contributed by atoms with van der Waals surface area (Å²) in [6.07, 6.45) is 2.83. The molecule has 2 heteroatoms. The largest absolute Gasteiger partial charge is 0.234 e. The third-order valence-electron chi connectivity index (χ3n) is 1.05. The Bertz CT molecular complexity index is 151. The lowest BCUT2D eigenvalue weighted by Gasteiger charge is -1.93. The van der Waals surface area contributed by atoms with E-state index in [1.807, 2.05) is 6.92 Å². The van der Waals surface area contributed by atoms with Crippen molar-refractivity contribution in [2.45, 2.75) is 19.8 Å². The minimum absolute atomic E-state index is 0.0506. The Morgan fingerprint density at radius 1 is 1.78 bits per heavy atom. The highest BCUT2D eigenvalue weighted by Crippen LogP contribution is 2.02. The van der Waals surface area contributed by atoms with Gasteiger partial charge in [0.1, 0.15) is 5.94 Å². The van der Waals surface area contributed by atoms with Crippen LogP contribution in [0.25, 0.3) is 0 Å². The second-order valence-corrected chi connectivity index (χ2v) is 1.93. The van der Waals surface area contributed by atoms with Crippen molar-refractivity contribution >= 4 is 5.94 Å². The lowest BCUT2D eigenvalue weighted by molar-refractivity contribution is 0.567. The lowest BCUT2D eigenvalue weighted by Crippen LogP contribution is -1.86. The molecule has 0 aromatic heterocycles. The Balaban J connectivity index is 3.30. The van der Waals surface area contributed by atoms with Crippen molar-refractivity contribution in [2.24, 2.45) is 5.92 Å². The van der Waals surface area contributed by atoms with Crippen LogP contribution in [0.15, 0.2) is 6.08 Å². The average molecular weight is 123 g/mol. The van der Waals surface area contributed by atoms with Gasteiger partial charge in [0.25, 0.3) is 0 Å². The number of allylic oxidation sites excluding steroid dienone is 1. The minimum Gasteiger partial charge on any atom is -0.234 e. The molecule has 0 saturated heterocycles. The van der Waals surface area contributed by atoms with E-state index in [1.54, 1.807) is 5.94 Å². The molecule has 1 atom stereocenters. The molecule has 9 heavy (non-hydrogen) atoms. The zero-order valence-corrected chi connectivity index (χ0v) is 5.42. The molecular weight excluding hydrogens is 114 g/mol. The normalized spacial score (nSPS) is 11.1. The van der Waals surface area contributed by atoms with E-state index in [1.165, 1.54) is 6.08 Å². The molecule has 0 aromatic rings. The van der Waals surface area contributed by atoms with E-state index >= 15 is 0 Å². The van der Waals surface area contributed by atoms with Crippen LogP contribution in [0.4, 0.5) is 0 Å². The first-order chi connectivity index (χ1) is 4.31. The van der Waals surface area contributed by atoms with Crippen LogP contribution in [0.2, 0.25) is 0 Å². The van der Waals surface area contributed by atoms with Crippen molar-refractivity contribution in [2.75, 3.05) is 0 Å². The molecular formula is C7H9NO. The predicted octanol–water partition coefficient (Wildman–Crippen LogP) is 1.31. The average Bonchev–Trinajstić information content (AvgIpc) is 1.89. The van der Waals surface area contributed by atoms with Gasteiger partial charge < -0.3 is 0 Å². The third-order valence-corrected chi connectivity index (χ3v) is 1.05. The Kier molecular flexibility index (Phi) is 4.49. The van der Waals surface area contributed by atoms with Crippen molar-refractivity contribution < 1.29 is 4.79 Å². The number of hydrogen-bond acceptors (Lipinski definition) is 2. The highest BCUT2D eigenvalue weighted by atomic mass is 16.1. The summed E-state index contributed by atoms with van der Waals surface area (Å²) in [5.74, 6) is 1.71. The summed E-state index contributed by atoms with van der Waals surface area (Å²) >= 11 is 0. The van der Waals surface area contributed by atoms with Crippen LogP contribution < -0.4 is 0 Å². The van der Waals surface area contributed by atoms with E-state index in [-0.39, 0.29) is 5.92 Å². The van der Waals surface area contributed by atoms with Gasteiger partial charge >= 0.3 is 0 Å². The molecule has 0 aliphatic carbocycles. The summed E-state index contributed by atoms with van der Waals surface area (Å²) in [4.78, 5) is 9.61. The minimum atomic E-state index is 0.0506. The van der Waals surface area contributed by atoms with Crippen LogP contribution in [0.5, 0.6) is 0 Å². The van der Waals surface area contributed by atoms with E-state index in [9.17, 15) is 4.79 Å². The number of rotatable bonds is 3. The van der Waals surface area contributed by atoms with E-state index in [4.69, 9.17) is 5.26 Å². The maximum Gasteiger partial charge on any atom is 0.120 e. The molecule has 0 N–H and O–H groups in total. The molecule has 0 radical (unpaired) electrons. The summed E-state index contributed by atoms with van der Waals surface area (Å²) < 4.78 is 0. The Morgan fingerprint density at radius 3 is 2.89 bits per heavy atom. The molecule has 0 aliphatic rings. The molecule has 0 heterocycles. The highest BCUT2D eigenvalue weighted by Gasteiger charge is 1.94. The molecule has 0 aromatic carbocycles. The van der Waals surface area contributed by atoms with Crippen LogP contribution in [-0.4, -0.2) is 5.94 Å². The first-order valence-electron chi connectivity index (χ1n) is 2.90. The second kappa shape index (κ2) is 5.08. The Labute approximate surface area is 54.8 Å². The number of nitrogens with zero attached hydrogens (tertiary/aromatic N) is 1. The van der Waals surface area contributed by atoms with Crippen LogP contribution in [-0.2, 0) is 4.79 Å². The van der Waals surface area contributed by atoms with Crippen molar-refractivity contribution in [3.8, 4) is 6.07 Å². The number of hydrogen-bond donors (Lipinski definition) is 0. The molecule has 0 bridgehead atoms. The number of carbonyl (C=O) groups excluding carboxylic acids is 1. The SMILES string of the molecule is CC(C#N)CCC=C=O. The molecule has 0 saturated carbocycles. The quantitative estimate of drug-likeness (QED) is 0.531. The van der Waals surface area contributed by atoms with E-state index in [0.717, 1.165) is 6.42 Å². The van der Waals surface area contributed by atoms with Gasteiger partial charge in [0.15, 0.2) is 0 Å². The fourth-order valence-electron chi connectivity index (χ4n) is 0.457. The van der Waals surface area contributed by atoms with E-state index in [0.29, 0.717) is 6.42 Å². The van der Waals surface area contributed by atoms with Crippen LogP contribution >= 0.6 is 0 Å². The Morgan fingerprint density at radius 2 is 2.44 bits per heavy atom. The van der Waals surface area contributed by atoms with Gasteiger partial charge in [0, 0.05) is 5.92 Å². The first-order valence-corrected chi connectivity index (χ1v) is 2.90. The second-order valence-electron chi connectivity index (χ2n) is 1.93. The van der Waals surface area contributed by atoms with Gasteiger partial charge in [-0.1, -0.05) is 0 Å². The predicted molar refractivity (Wildman–Crippen MR) is 34.3 cm³/mol. The van der Waals surface area contributed by atoms with E-state index in [2.05, 4.69) is 6.07 Å². The molecule has 0 rings (SSSR count). The van der Waals surface area contributed by atoms with Gasteiger partial charge in [-0.25, -0.2) is 4.79 Å². The van der Waals surface area contributed by atoms with Gasteiger partial charge in [-0.2, -0.15) is 5.26 Å². The zero-order valence-electron chi connectivity index (χ0n) is 5.42. The molecule has 0 amide bonds.